The van der Waals surface area contributed by atoms with Crippen LogP contribution in [0.3, 0.4) is 0 Å². The highest BCUT2D eigenvalue weighted by Gasteiger charge is 2.11. The van der Waals surface area contributed by atoms with E-state index >= 15 is 0 Å². The van der Waals surface area contributed by atoms with Crippen molar-refractivity contribution in [1.29, 1.82) is 0 Å². The fourth-order valence-corrected chi connectivity index (χ4v) is 2.55. The number of aryl methyl sites for hydroxylation is 2. The predicted molar refractivity (Wildman–Crippen MR) is 75.2 cm³/mol. The molecule has 0 bridgehead atoms. The number of nitrogens with zero attached hydrogens (tertiary/aromatic N) is 1. The molecule has 0 unspecified atom stereocenters. The molecule has 0 aromatic heterocycles. The van der Waals surface area contributed by atoms with E-state index in [4.69, 9.17) is 0 Å². The maximum atomic E-state index is 9.81. The number of nitrogens with one attached hydrogen (secondary N) is 1. The zero-order valence-electron chi connectivity index (χ0n) is 11.5. The molecule has 0 spiro atoms. The topological polar surface area (TPSA) is 35.5 Å². The van der Waals surface area contributed by atoms with Crippen molar-refractivity contribution in [2.24, 2.45) is 0 Å². The van der Waals surface area contributed by atoms with Crippen molar-refractivity contribution in [2.45, 2.75) is 26.7 Å². The maximum Gasteiger partial charge on any atom is 0.119 e. The minimum Gasteiger partial charge on any atom is -0.508 e. The fraction of sp³-hybridized carbons (Fsp3) is 0.600. The van der Waals surface area contributed by atoms with Crippen LogP contribution >= 0.6 is 0 Å². The predicted octanol–water partition coefficient (Wildman–Crippen LogP) is 1.71. The average molecular weight is 248 g/mol. The van der Waals surface area contributed by atoms with E-state index in [2.05, 4.69) is 30.1 Å². The largest absolute Gasteiger partial charge is 0.508 e. The lowest BCUT2D eigenvalue weighted by molar-refractivity contribution is 0.244. The molecule has 3 nitrogen and oxygen atoms in total. The lowest BCUT2D eigenvalue weighted by Gasteiger charge is -2.27. The SMILES string of the molecule is CCc1cc(CCN2CCNCC2)c(C)cc1O. The lowest BCUT2D eigenvalue weighted by Crippen LogP contribution is -2.44. The first-order valence-electron chi connectivity index (χ1n) is 6.95. The Bertz CT molecular complexity index is 398. The summed E-state index contributed by atoms with van der Waals surface area (Å²) in [6, 6.07) is 4.08. The van der Waals surface area contributed by atoms with Crippen LogP contribution < -0.4 is 5.32 Å². The summed E-state index contributed by atoms with van der Waals surface area (Å²) in [7, 11) is 0. The van der Waals surface area contributed by atoms with Gasteiger partial charge in [0.25, 0.3) is 0 Å². The summed E-state index contributed by atoms with van der Waals surface area (Å²) in [5, 5.41) is 13.2. The van der Waals surface area contributed by atoms with E-state index < -0.39 is 0 Å². The van der Waals surface area contributed by atoms with E-state index in [0.29, 0.717) is 5.75 Å². The summed E-state index contributed by atoms with van der Waals surface area (Å²) in [6.45, 7) is 9.81. The van der Waals surface area contributed by atoms with Gasteiger partial charge in [0.1, 0.15) is 5.75 Å². The van der Waals surface area contributed by atoms with Gasteiger partial charge >= 0.3 is 0 Å². The van der Waals surface area contributed by atoms with E-state index in [-0.39, 0.29) is 0 Å². The molecule has 1 saturated heterocycles. The Balaban J connectivity index is 1.99. The normalized spacial score (nSPS) is 17.0. The molecular formula is C15H24N2O. The van der Waals surface area contributed by atoms with Gasteiger partial charge in [-0.25, -0.2) is 0 Å². The number of phenols is 1. The molecule has 1 heterocycles. The summed E-state index contributed by atoms with van der Waals surface area (Å²) < 4.78 is 0. The number of piperazine rings is 1. The number of hydrogen-bond acceptors (Lipinski definition) is 3. The summed E-state index contributed by atoms with van der Waals surface area (Å²) in [5.41, 5.74) is 3.65. The second kappa shape index (κ2) is 6.21. The molecule has 1 aliphatic heterocycles. The second-order valence-electron chi connectivity index (χ2n) is 5.10. The molecule has 1 aliphatic rings. The van der Waals surface area contributed by atoms with Crippen LogP contribution in [0, 0.1) is 6.92 Å². The van der Waals surface area contributed by atoms with Gasteiger partial charge in [-0.15, -0.1) is 0 Å². The van der Waals surface area contributed by atoms with Gasteiger partial charge in [0.15, 0.2) is 0 Å². The molecule has 100 valence electrons. The first kappa shape index (κ1) is 13.4. The zero-order chi connectivity index (χ0) is 13.0. The quantitative estimate of drug-likeness (QED) is 0.851. The first-order valence-corrected chi connectivity index (χ1v) is 6.95. The third-order valence-corrected chi connectivity index (χ3v) is 3.83. The highest BCUT2D eigenvalue weighted by molar-refractivity contribution is 5.41. The minimum absolute atomic E-state index is 0.445. The van der Waals surface area contributed by atoms with Gasteiger partial charge in [0, 0.05) is 32.7 Å². The minimum atomic E-state index is 0.445. The van der Waals surface area contributed by atoms with Crippen LogP contribution in [-0.4, -0.2) is 42.7 Å². The van der Waals surface area contributed by atoms with Crippen molar-refractivity contribution >= 4 is 0 Å². The molecule has 0 saturated carbocycles. The smallest absolute Gasteiger partial charge is 0.119 e. The Morgan fingerprint density at radius 2 is 1.94 bits per heavy atom. The molecule has 1 fully saturated rings. The Morgan fingerprint density at radius 1 is 1.22 bits per heavy atom. The van der Waals surface area contributed by atoms with Crippen molar-refractivity contribution in [3.05, 3.63) is 28.8 Å². The fourth-order valence-electron chi connectivity index (χ4n) is 2.55. The number of hydrogen-bond donors (Lipinski definition) is 2. The van der Waals surface area contributed by atoms with Crippen LogP contribution in [0.2, 0.25) is 0 Å². The molecule has 0 amide bonds. The summed E-state index contributed by atoms with van der Waals surface area (Å²) >= 11 is 0. The molecule has 0 radical (unpaired) electrons. The standard InChI is InChI=1S/C15H24N2O/c1-3-13-11-14(12(2)10-15(13)18)4-7-17-8-5-16-6-9-17/h10-11,16,18H,3-9H2,1-2H3. The summed E-state index contributed by atoms with van der Waals surface area (Å²) in [5.74, 6) is 0.445. The number of rotatable bonds is 4. The van der Waals surface area contributed by atoms with Gasteiger partial charge in [0.2, 0.25) is 0 Å². The van der Waals surface area contributed by atoms with Crippen molar-refractivity contribution in [1.82, 2.24) is 10.2 Å². The first-order chi connectivity index (χ1) is 8.70. The van der Waals surface area contributed by atoms with Crippen LogP contribution in [0.5, 0.6) is 5.75 Å². The Morgan fingerprint density at radius 3 is 2.61 bits per heavy atom. The van der Waals surface area contributed by atoms with Crippen molar-refractivity contribution in [3.63, 3.8) is 0 Å². The molecule has 0 atom stereocenters. The van der Waals surface area contributed by atoms with E-state index in [1.807, 2.05) is 6.07 Å². The Hall–Kier alpha value is -1.06. The summed E-state index contributed by atoms with van der Waals surface area (Å²) in [6.07, 6.45) is 1.98. The zero-order valence-corrected chi connectivity index (χ0v) is 11.5. The van der Waals surface area contributed by atoms with Crippen LogP contribution in [0.1, 0.15) is 23.6 Å². The molecule has 2 rings (SSSR count). The molecular weight excluding hydrogens is 224 g/mol. The maximum absolute atomic E-state index is 9.81. The van der Waals surface area contributed by atoms with Crippen LogP contribution in [0.4, 0.5) is 0 Å². The number of aromatic hydroxyl groups is 1. The van der Waals surface area contributed by atoms with Gasteiger partial charge in [-0.05, 0) is 42.5 Å². The second-order valence-corrected chi connectivity index (χ2v) is 5.10. The Labute approximate surface area is 110 Å². The van der Waals surface area contributed by atoms with Crippen LogP contribution in [0.25, 0.3) is 0 Å². The van der Waals surface area contributed by atoms with Crippen molar-refractivity contribution < 1.29 is 5.11 Å². The van der Waals surface area contributed by atoms with E-state index in [0.717, 1.165) is 51.1 Å². The Kier molecular flexibility index (Phi) is 4.61. The monoisotopic (exact) mass is 248 g/mol. The number of phenolic OH excluding ortho intramolecular Hbond substituents is 1. The number of benzene rings is 1. The molecule has 0 aliphatic carbocycles. The molecule has 1 aromatic carbocycles. The molecule has 18 heavy (non-hydrogen) atoms. The van der Waals surface area contributed by atoms with Crippen molar-refractivity contribution in [2.75, 3.05) is 32.7 Å². The molecule has 2 N–H and O–H groups in total. The molecule has 3 heteroatoms. The van der Waals surface area contributed by atoms with E-state index in [9.17, 15) is 5.11 Å². The third-order valence-electron chi connectivity index (χ3n) is 3.83. The third kappa shape index (κ3) is 3.24. The average Bonchev–Trinajstić information content (AvgIpc) is 2.39. The van der Waals surface area contributed by atoms with Gasteiger partial charge < -0.3 is 15.3 Å². The van der Waals surface area contributed by atoms with E-state index in [1.165, 1.54) is 11.1 Å². The van der Waals surface area contributed by atoms with Crippen LogP contribution in [-0.2, 0) is 12.8 Å². The highest BCUT2D eigenvalue weighted by Crippen LogP contribution is 2.23. The van der Waals surface area contributed by atoms with Gasteiger partial charge in [-0.2, -0.15) is 0 Å². The van der Waals surface area contributed by atoms with Gasteiger partial charge in [-0.3, -0.25) is 0 Å². The van der Waals surface area contributed by atoms with Crippen molar-refractivity contribution in [3.8, 4) is 5.75 Å². The highest BCUT2D eigenvalue weighted by atomic mass is 16.3. The van der Waals surface area contributed by atoms with Crippen LogP contribution in [0.15, 0.2) is 12.1 Å². The lowest BCUT2D eigenvalue weighted by atomic mass is 10.00. The summed E-state index contributed by atoms with van der Waals surface area (Å²) in [4.78, 5) is 2.51. The van der Waals surface area contributed by atoms with Gasteiger partial charge in [0.05, 0.1) is 0 Å². The molecule has 1 aromatic rings. The van der Waals surface area contributed by atoms with Gasteiger partial charge in [-0.1, -0.05) is 13.0 Å². The van der Waals surface area contributed by atoms with E-state index in [1.54, 1.807) is 0 Å².